The van der Waals surface area contributed by atoms with Crippen LogP contribution in [0.5, 0.6) is 11.5 Å². The molecule has 0 radical (unpaired) electrons. The van der Waals surface area contributed by atoms with Gasteiger partial charge in [-0.05, 0) is 36.4 Å². The van der Waals surface area contributed by atoms with Crippen molar-refractivity contribution in [2.75, 3.05) is 4.72 Å². The smallest absolute Gasteiger partial charge is 0.328 e. The number of nitrogens with zero attached hydrogens (tertiary/aromatic N) is 2. The molecule has 31 heavy (non-hydrogen) atoms. The SMILES string of the molecule is Cn1c(=O)n(C)c2cc(Oc3ccccc3)c(NS(=O)(=O)c3cc(F)ccc3F)cc21. The van der Waals surface area contributed by atoms with Gasteiger partial charge in [-0.2, -0.15) is 0 Å². The molecule has 3 aromatic carbocycles. The van der Waals surface area contributed by atoms with Crippen molar-refractivity contribution in [1.29, 1.82) is 0 Å². The van der Waals surface area contributed by atoms with E-state index in [1.54, 1.807) is 37.4 Å². The second kappa shape index (κ2) is 7.55. The fraction of sp³-hybridized carbons (Fsp3) is 0.0952. The van der Waals surface area contributed by atoms with Crippen molar-refractivity contribution in [3.63, 3.8) is 0 Å². The Kier molecular flexibility index (Phi) is 5.02. The Hall–Kier alpha value is -3.66. The topological polar surface area (TPSA) is 82.3 Å². The lowest BCUT2D eigenvalue weighted by molar-refractivity contribution is 0.485. The quantitative estimate of drug-likeness (QED) is 0.507. The van der Waals surface area contributed by atoms with Crippen molar-refractivity contribution < 1.29 is 21.9 Å². The molecule has 0 aliphatic heterocycles. The molecule has 0 aliphatic carbocycles. The van der Waals surface area contributed by atoms with Crippen LogP contribution in [0.2, 0.25) is 0 Å². The first-order valence-corrected chi connectivity index (χ1v) is 10.6. The summed E-state index contributed by atoms with van der Waals surface area (Å²) in [5.41, 5.74) is 0.557. The standard InChI is InChI=1S/C21H17F2N3O4S/c1-25-17-11-16(24-31(28,29)20-10-13(22)8-9-15(20)23)19(12-18(17)26(2)21(25)27)30-14-6-4-3-5-7-14/h3-12,24H,1-2H3. The molecule has 0 amide bonds. The number of fused-ring (bicyclic) bond motifs is 1. The average molecular weight is 445 g/mol. The number of benzene rings is 3. The van der Waals surface area contributed by atoms with Crippen LogP contribution in [-0.2, 0) is 24.1 Å². The number of anilines is 1. The Morgan fingerprint density at radius 2 is 1.55 bits per heavy atom. The van der Waals surface area contributed by atoms with Crippen molar-refractivity contribution in [2.45, 2.75) is 4.90 Å². The van der Waals surface area contributed by atoms with Crippen molar-refractivity contribution >= 4 is 26.7 Å². The van der Waals surface area contributed by atoms with E-state index >= 15 is 0 Å². The number of para-hydroxylation sites is 1. The molecule has 7 nitrogen and oxygen atoms in total. The fourth-order valence-corrected chi connectivity index (χ4v) is 4.34. The zero-order valence-corrected chi connectivity index (χ0v) is 17.3. The lowest BCUT2D eigenvalue weighted by Crippen LogP contribution is -2.19. The second-order valence-corrected chi connectivity index (χ2v) is 8.48. The van der Waals surface area contributed by atoms with Gasteiger partial charge >= 0.3 is 5.69 Å². The summed E-state index contributed by atoms with van der Waals surface area (Å²) in [4.78, 5) is 11.5. The van der Waals surface area contributed by atoms with Gasteiger partial charge < -0.3 is 4.74 Å². The highest BCUT2D eigenvalue weighted by Gasteiger charge is 2.23. The van der Waals surface area contributed by atoms with E-state index in [-0.39, 0.29) is 17.1 Å². The molecule has 4 aromatic rings. The first-order chi connectivity index (χ1) is 14.7. The summed E-state index contributed by atoms with van der Waals surface area (Å²) in [5.74, 6) is -1.50. The molecule has 0 saturated heterocycles. The average Bonchev–Trinajstić information content (AvgIpc) is 2.94. The Morgan fingerprint density at radius 3 is 2.23 bits per heavy atom. The van der Waals surface area contributed by atoms with Crippen LogP contribution in [0, 0.1) is 11.6 Å². The van der Waals surface area contributed by atoms with Crippen LogP contribution in [0.3, 0.4) is 0 Å². The van der Waals surface area contributed by atoms with Gasteiger partial charge in [-0.25, -0.2) is 22.0 Å². The van der Waals surface area contributed by atoms with E-state index in [1.807, 2.05) is 0 Å². The summed E-state index contributed by atoms with van der Waals surface area (Å²) in [6.07, 6.45) is 0. The number of hydrogen-bond acceptors (Lipinski definition) is 4. The zero-order chi connectivity index (χ0) is 22.3. The number of halogens is 2. The summed E-state index contributed by atoms with van der Waals surface area (Å²) in [7, 11) is -1.40. The molecule has 0 bridgehead atoms. The van der Waals surface area contributed by atoms with E-state index < -0.39 is 26.6 Å². The maximum Gasteiger partial charge on any atom is 0.328 e. The van der Waals surface area contributed by atoms with Gasteiger partial charge in [-0.15, -0.1) is 0 Å². The number of ether oxygens (including phenoxy) is 1. The van der Waals surface area contributed by atoms with Crippen LogP contribution in [0.25, 0.3) is 11.0 Å². The first kappa shape index (κ1) is 20.6. The predicted molar refractivity (Wildman–Crippen MR) is 112 cm³/mol. The maximum atomic E-state index is 14.1. The third kappa shape index (κ3) is 3.77. The molecule has 0 spiro atoms. The van der Waals surface area contributed by atoms with Crippen LogP contribution in [0.15, 0.2) is 70.4 Å². The van der Waals surface area contributed by atoms with Crippen LogP contribution in [-0.4, -0.2) is 17.6 Å². The normalized spacial score (nSPS) is 11.6. The molecule has 1 heterocycles. The minimum atomic E-state index is -4.51. The summed E-state index contributed by atoms with van der Waals surface area (Å²) >= 11 is 0. The molecule has 4 rings (SSSR count). The minimum Gasteiger partial charge on any atom is -0.455 e. The first-order valence-electron chi connectivity index (χ1n) is 9.07. The van der Waals surface area contributed by atoms with Gasteiger partial charge in [-0.1, -0.05) is 18.2 Å². The number of nitrogens with one attached hydrogen (secondary N) is 1. The summed E-state index contributed by atoms with van der Waals surface area (Å²) in [6, 6.07) is 13.6. The van der Waals surface area contributed by atoms with E-state index in [2.05, 4.69) is 4.72 Å². The van der Waals surface area contributed by atoms with Crippen LogP contribution >= 0.6 is 0 Å². The van der Waals surface area contributed by atoms with Crippen LogP contribution < -0.4 is 15.1 Å². The van der Waals surface area contributed by atoms with Crippen molar-refractivity contribution in [2.24, 2.45) is 14.1 Å². The van der Waals surface area contributed by atoms with Crippen molar-refractivity contribution in [1.82, 2.24) is 9.13 Å². The van der Waals surface area contributed by atoms with E-state index in [9.17, 15) is 22.0 Å². The van der Waals surface area contributed by atoms with Gasteiger partial charge in [0.2, 0.25) is 0 Å². The third-order valence-electron chi connectivity index (χ3n) is 4.77. The highest BCUT2D eigenvalue weighted by molar-refractivity contribution is 7.92. The van der Waals surface area contributed by atoms with Crippen LogP contribution in [0.1, 0.15) is 0 Å². The molecule has 0 unspecified atom stereocenters. The van der Waals surface area contributed by atoms with Gasteiger partial charge in [0.1, 0.15) is 22.3 Å². The number of aromatic nitrogens is 2. The van der Waals surface area contributed by atoms with E-state index in [4.69, 9.17) is 4.74 Å². The second-order valence-electron chi connectivity index (χ2n) is 6.83. The number of sulfonamides is 1. The Labute approximate surface area is 176 Å². The Balaban J connectivity index is 1.88. The largest absolute Gasteiger partial charge is 0.455 e. The highest BCUT2D eigenvalue weighted by atomic mass is 32.2. The summed E-state index contributed by atoms with van der Waals surface area (Å²) in [5, 5.41) is 0. The van der Waals surface area contributed by atoms with E-state index in [0.717, 1.165) is 12.1 Å². The minimum absolute atomic E-state index is 0.0405. The molecular formula is C21H17F2N3O4S. The lowest BCUT2D eigenvalue weighted by atomic mass is 10.2. The molecule has 10 heteroatoms. The third-order valence-corrected chi connectivity index (χ3v) is 6.15. The van der Waals surface area contributed by atoms with Gasteiger partial charge in [0.25, 0.3) is 10.0 Å². The van der Waals surface area contributed by atoms with Crippen molar-refractivity contribution in [3.8, 4) is 11.5 Å². The molecule has 1 N–H and O–H groups in total. The predicted octanol–water partition coefficient (Wildman–Crippen LogP) is 3.75. The number of imidazole rings is 1. The zero-order valence-electron chi connectivity index (χ0n) is 16.5. The van der Waals surface area contributed by atoms with Gasteiger partial charge in [0.15, 0.2) is 5.75 Å². The number of hydrogen-bond donors (Lipinski definition) is 1. The number of rotatable bonds is 5. The molecule has 0 saturated carbocycles. The number of aryl methyl sites for hydroxylation is 2. The Bertz CT molecular complexity index is 1460. The molecule has 0 aliphatic rings. The van der Waals surface area contributed by atoms with Gasteiger partial charge in [-0.3, -0.25) is 13.9 Å². The van der Waals surface area contributed by atoms with E-state index in [1.165, 1.54) is 28.3 Å². The lowest BCUT2D eigenvalue weighted by Gasteiger charge is -2.15. The monoisotopic (exact) mass is 445 g/mol. The van der Waals surface area contributed by atoms with Crippen molar-refractivity contribution in [3.05, 3.63) is 82.8 Å². The molecule has 160 valence electrons. The summed E-state index contributed by atoms with van der Waals surface area (Å²) < 4.78 is 64.2. The van der Waals surface area contributed by atoms with Gasteiger partial charge in [0.05, 0.1) is 16.7 Å². The molecular weight excluding hydrogens is 428 g/mol. The Morgan fingerprint density at radius 1 is 0.903 bits per heavy atom. The van der Waals surface area contributed by atoms with E-state index in [0.29, 0.717) is 22.8 Å². The highest BCUT2D eigenvalue weighted by Crippen LogP contribution is 2.35. The summed E-state index contributed by atoms with van der Waals surface area (Å²) in [6.45, 7) is 0. The fourth-order valence-electron chi connectivity index (χ4n) is 3.19. The molecule has 1 aromatic heterocycles. The van der Waals surface area contributed by atoms with Crippen LogP contribution in [0.4, 0.5) is 14.5 Å². The molecule has 0 fully saturated rings. The maximum absolute atomic E-state index is 14.1. The van der Waals surface area contributed by atoms with Gasteiger partial charge in [0, 0.05) is 20.2 Å². The molecule has 0 atom stereocenters.